The lowest BCUT2D eigenvalue weighted by Crippen LogP contribution is -2.47. The third kappa shape index (κ3) is 5.08. The van der Waals surface area contributed by atoms with Crippen LogP contribution in [0, 0.1) is 0 Å². The molecule has 160 valence electrons. The maximum absolute atomic E-state index is 12.9. The van der Waals surface area contributed by atoms with E-state index >= 15 is 0 Å². The standard InChI is InChI=1S/C22H34N4O3/c1-6-13-22(14-7-2)20(28)26(21(29)24-22)15-19(27)23-17-9-11-18(12-10-17)25(8-3)16(4)5/h9-12,16H,6-8,13-15H2,1-5H3,(H,23,27)(H,24,29). The summed E-state index contributed by atoms with van der Waals surface area (Å²) < 4.78 is 0. The molecule has 1 saturated heterocycles. The highest BCUT2D eigenvalue weighted by molar-refractivity contribution is 6.10. The number of anilines is 2. The van der Waals surface area contributed by atoms with Crippen molar-refractivity contribution in [3.05, 3.63) is 24.3 Å². The molecule has 0 aliphatic carbocycles. The first-order chi connectivity index (χ1) is 13.8. The Kier molecular flexibility index (Phi) is 7.65. The number of urea groups is 1. The molecular formula is C22H34N4O3. The van der Waals surface area contributed by atoms with Gasteiger partial charge in [-0.3, -0.25) is 14.5 Å². The minimum absolute atomic E-state index is 0.283. The molecule has 1 aromatic rings. The summed E-state index contributed by atoms with van der Waals surface area (Å²) in [6.45, 7) is 10.9. The Bertz CT molecular complexity index is 724. The lowest BCUT2D eigenvalue weighted by molar-refractivity contribution is -0.134. The van der Waals surface area contributed by atoms with Gasteiger partial charge in [0.25, 0.3) is 5.91 Å². The van der Waals surface area contributed by atoms with E-state index in [1.54, 1.807) is 0 Å². The maximum atomic E-state index is 12.9. The minimum atomic E-state index is -0.872. The summed E-state index contributed by atoms with van der Waals surface area (Å²) in [5.74, 6) is -0.687. The predicted molar refractivity (Wildman–Crippen MR) is 116 cm³/mol. The van der Waals surface area contributed by atoms with Gasteiger partial charge in [-0.05, 0) is 57.9 Å². The first-order valence-electron chi connectivity index (χ1n) is 10.6. The van der Waals surface area contributed by atoms with Crippen molar-refractivity contribution in [2.45, 2.75) is 71.9 Å². The van der Waals surface area contributed by atoms with Crippen molar-refractivity contribution in [2.75, 3.05) is 23.3 Å². The van der Waals surface area contributed by atoms with Crippen LogP contribution in [0.15, 0.2) is 24.3 Å². The Morgan fingerprint density at radius 1 is 1.10 bits per heavy atom. The third-order valence-electron chi connectivity index (χ3n) is 5.35. The highest BCUT2D eigenvalue weighted by Gasteiger charge is 2.50. The fraction of sp³-hybridized carbons (Fsp3) is 0.591. The zero-order chi connectivity index (χ0) is 21.6. The molecule has 1 heterocycles. The summed E-state index contributed by atoms with van der Waals surface area (Å²) in [5, 5.41) is 5.61. The van der Waals surface area contributed by atoms with Gasteiger partial charge in [0.2, 0.25) is 5.91 Å². The van der Waals surface area contributed by atoms with Crippen LogP contribution in [0.5, 0.6) is 0 Å². The monoisotopic (exact) mass is 402 g/mol. The molecule has 4 amide bonds. The first kappa shape index (κ1) is 22.7. The summed E-state index contributed by atoms with van der Waals surface area (Å²) >= 11 is 0. The number of hydrogen-bond acceptors (Lipinski definition) is 4. The number of rotatable bonds is 10. The van der Waals surface area contributed by atoms with Crippen molar-refractivity contribution >= 4 is 29.2 Å². The second-order valence-electron chi connectivity index (χ2n) is 7.88. The van der Waals surface area contributed by atoms with E-state index in [4.69, 9.17) is 0 Å². The Hall–Kier alpha value is -2.57. The lowest BCUT2D eigenvalue weighted by Gasteiger charge is -2.27. The van der Waals surface area contributed by atoms with Crippen LogP contribution in [0.25, 0.3) is 0 Å². The largest absolute Gasteiger partial charge is 0.369 e. The Balaban J connectivity index is 2.03. The third-order valence-corrected chi connectivity index (χ3v) is 5.35. The molecule has 0 unspecified atom stereocenters. The van der Waals surface area contributed by atoms with Crippen molar-refractivity contribution in [3.63, 3.8) is 0 Å². The van der Waals surface area contributed by atoms with Crippen molar-refractivity contribution in [1.29, 1.82) is 0 Å². The molecule has 0 spiro atoms. The molecule has 29 heavy (non-hydrogen) atoms. The Labute approximate surface area is 173 Å². The summed E-state index contributed by atoms with van der Waals surface area (Å²) in [4.78, 5) is 41.0. The molecule has 2 N–H and O–H groups in total. The van der Waals surface area contributed by atoms with Gasteiger partial charge in [0.15, 0.2) is 0 Å². The number of hydrogen-bond donors (Lipinski definition) is 2. The van der Waals surface area contributed by atoms with E-state index in [1.807, 2.05) is 38.1 Å². The molecule has 0 saturated carbocycles. The second kappa shape index (κ2) is 9.76. The molecule has 1 fully saturated rings. The highest BCUT2D eigenvalue weighted by atomic mass is 16.2. The Morgan fingerprint density at radius 2 is 1.69 bits per heavy atom. The summed E-state index contributed by atoms with van der Waals surface area (Å²) in [6.07, 6.45) is 2.72. The van der Waals surface area contributed by atoms with E-state index in [1.165, 1.54) is 0 Å². The minimum Gasteiger partial charge on any atom is -0.369 e. The van der Waals surface area contributed by atoms with E-state index in [-0.39, 0.29) is 18.4 Å². The normalized spacial score (nSPS) is 15.6. The van der Waals surface area contributed by atoms with Crippen molar-refractivity contribution in [3.8, 4) is 0 Å². The molecule has 0 radical (unpaired) electrons. The number of carbonyl (C=O) groups excluding carboxylic acids is 3. The average molecular weight is 403 g/mol. The number of nitrogens with zero attached hydrogens (tertiary/aromatic N) is 2. The Morgan fingerprint density at radius 3 is 2.17 bits per heavy atom. The van der Waals surface area contributed by atoms with Crippen LogP contribution in [-0.4, -0.2) is 47.4 Å². The number of carbonyl (C=O) groups is 3. The van der Waals surface area contributed by atoms with Crippen LogP contribution in [0.3, 0.4) is 0 Å². The molecule has 0 bridgehead atoms. The first-order valence-corrected chi connectivity index (χ1v) is 10.6. The van der Waals surface area contributed by atoms with Crippen molar-refractivity contribution in [1.82, 2.24) is 10.2 Å². The molecule has 0 atom stereocenters. The number of benzene rings is 1. The number of nitrogens with one attached hydrogen (secondary N) is 2. The molecule has 0 aromatic heterocycles. The lowest BCUT2D eigenvalue weighted by atomic mass is 9.88. The van der Waals surface area contributed by atoms with E-state index in [2.05, 4.69) is 36.3 Å². The zero-order valence-corrected chi connectivity index (χ0v) is 18.2. The molecule has 2 rings (SSSR count). The van der Waals surface area contributed by atoms with Gasteiger partial charge < -0.3 is 15.5 Å². The predicted octanol–water partition coefficient (Wildman–Crippen LogP) is 3.75. The van der Waals surface area contributed by atoms with Crippen molar-refractivity contribution < 1.29 is 14.4 Å². The fourth-order valence-electron chi connectivity index (χ4n) is 4.06. The van der Waals surface area contributed by atoms with Gasteiger partial charge in [0.1, 0.15) is 12.1 Å². The molecule has 1 aliphatic rings. The number of amides is 4. The summed E-state index contributed by atoms with van der Waals surface area (Å²) in [6, 6.07) is 7.48. The van der Waals surface area contributed by atoms with E-state index in [0.29, 0.717) is 24.6 Å². The van der Waals surface area contributed by atoms with E-state index in [0.717, 1.165) is 30.0 Å². The van der Waals surface area contributed by atoms with Gasteiger partial charge in [0.05, 0.1) is 0 Å². The molecule has 7 heteroatoms. The fourth-order valence-corrected chi connectivity index (χ4v) is 4.06. The molecule has 1 aliphatic heterocycles. The average Bonchev–Trinajstić information content (AvgIpc) is 2.88. The SMILES string of the molecule is CCCC1(CCC)NC(=O)N(CC(=O)Nc2ccc(N(CC)C(C)C)cc2)C1=O. The number of imide groups is 1. The maximum Gasteiger partial charge on any atom is 0.325 e. The van der Waals surface area contributed by atoms with Gasteiger partial charge in [-0.15, -0.1) is 0 Å². The zero-order valence-electron chi connectivity index (χ0n) is 18.2. The second-order valence-corrected chi connectivity index (χ2v) is 7.88. The van der Waals surface area contributed by atoms with Gasteiger partial charge in [0, 0.05) is 24.0 Å². The van der Waals surface area contributed by atoms with Crippen LogP contribution < -0.4 is 15.5 Å². The van der Waals surface area contributed by atoms with Crippen LogP contribution in [0.1, 0.15) is 60.3 Å². The highest BCUT2D eigenvalue weighted by Crippen LogP contribution is 2.28. The quantitative estimate of drug-likeness (QED) is 0.584. The summed E-state index contributed by atoms with van der Waals surface area (Å²) in [5.41, 5.74) is 0.848. The molecular weight excluding hydrogens is 368 g/mol. The van der Waals surface area contributed by atoms with E-state index < -0.39 is 11.6 Å². The molecule has 7 nitrogen and oxygen atoms in total. The van der Waals surface area contributed by atoms with E-state index in [9.17, 15) is 14.4 Å². The van der Waals surface area contributed by atoms with Crippen LogP contribution in [-0.2, 0) is 9.59 Å². The van der Waals surface area contributed by atoms with Gasteiger partial charge >= 0.3 is 6.03 Å². The topological polar surface area (TPSA) is 81.8 Å². The van der Waals surface area contributed by atoms with Gasteiger partial charge in [-0.2, -0.15) is 0 Å². The van der Waals surface area contributed by atoms with Crippen LogP contribution in [0.4, 0.5) is 16.2 Å². The van der Waals surface area contributed by atoms with Crippen LogP contribution in [0.2, 0.25) is 0 Å². The van der Waals surface area contributed by atoms with Crippen LogP contribution >= 0.6 is 0 Å². The van der Waals surface area contributed by atoms with Crippen molar-refractivity contribution in [2.24, 2.45) is 0 Å². The van der Waals surface area contributed by atoms with Gasteiger partial charge in [-0.1, -0.05) is 26.7 Å². The van der Waals surface area contributed by atoms with Gasteiger partial charge in [-0.25, -0.2) is 4.79 Å². The smallest absolute Gasteiger partial charge is 0.325 e. The molecule has 1 aromatic carbocycles. The summed E-state index contributed by atoms with van der Waals surface area (Å²) in [7, 11) is 0.